The summed E-state index contributed by atoms with van der Waals surface area (Å²) in [5.41, 5.74) is 3.76. The Bertz CT molecular complexity index is 1170. The van der Waals surface area contributed by atoms with E-state index in [1.165, 1.54) is 0 Å². The number of nitrogens with zero attached hydrogens (tertiary/aromatic N) is 1. The van der Waals surface area contributed by atoms with Gasteiger partial charge in [-0.25, -0.2) is 8.42 Å². The number of rotatable bonds is 7. The second-order valence-electron chi connectivity index (χ2n) is 8.82. The normalized spacial score (nSPS) is 18.5. The van der Waals surface area contributed by atoms with E-state index in [9.17, 15) is 8.42 Å². The van der Waals surface area contributed by atoms with Crippen LogP contribution in [0.15, 0.2) is 59.6 Å². The van der Waals surface area contributed by atoms with Gasteiger partial charge < -0.3 is 9.72 Å². The summed E-state index contributed by atoms with van der Waals surface area (Å²) in [5, 5.41) is 0.475. The summed E-state index contributed by atoms with van der Waals surface area (Å²) in [5.74, 6) is 0.571. The van der Waals surface area contributed by atoms with Crippen LogP contribution in [0.2, 0.25) is 5.02 Å². The smallest absolute Gasteiger partial charge is 0.181 e. The third kappa shape index (κ3) is 4.49. The number of aromatic amines is 1. The molecule has 2 fully saturated rings. The second-order valence-corrected chi connectivity index (χ2v) is 11.5. The Kier molecular flexibility index (Phi) is 6.10. The van der Waals surface area contributed by atoms with E-state index in [4.69, 9.17) is 16.3 Å². The molecule has 1 unspecified atom stereocenters. The van der Waals surface area contributed by atoms with Crippen molar-refractivity contribution in [3.05, 3.63) is 71.0 Å². The predicted octanol–water partition coefficient (Wildman–Crippen LogP) is 5.61. The first-order valence-electron chi connectivity index (χ1n) is 11.2. The monoisotopic (exact) mass is 470 g/mol. The Morgan fingerprint density at radius 3 is 2.47 bits per heavy atom. The summed E-state index contributed by atoms with van der Waals surface area (Å²) < 4.78 is 30.8. The second kappa shape index (κ2) is 9.00. The van der Waals surface area contributed by atoms with Gasteiger partial charge in [0.1, 0.15) is 0 Å². The number of hydrogen-bond donors (Lipinski definition) is 1. The fourth-order valence-electron chi connectivity index (χ4n) is 4.56. The van der Waals surface area contributed by atoms with Gasteiger partial charge in [-0.1, -0.05) is 29.8 Å². The molecule has 32 heavy (non-hydrogen) atoms. The van der Waals surface area contributed by atoms with E-state index < -0.39 is 9.84 Å². The molecular formula is C25H27ClN2O3S. The SMILES string of the molecule is O=S(=O)(c1ccc(C(CC2CCOCC2)c2[nH]c(-c3ccccn3)cc2Cl)cc1)C1CC1. The highest BCUT2D eigenvalue weighted by Gasteiger charge is 2.37. The van der Waals surface area contributed by atoms with Crippen LogP contribution in [0.1, 0.15) is 49.3 Å². The maximum absolute atomic E-state index is 12.6. The van der Waals surface area contributed by atoms with Crippen LogP contribution in [-0.4, -0.2) is 36.8 Å². The molecule has 3 aromatic rings. The molecule has 1 atom stereocenters. The van der Waals surface area contributed by atoms with E-state index in [2.05, 4.69) is 9.97 Å². The van der Waals surface area contributed by atoms with Crippen LogP contribution in [0.3, 0.4) is 0 Å². The van der Waals surface area contributed by atoms with E-state index in [0.29, 0.717) is 15.8 Å². The topological polar surface area (TPSA) is 72.1 Å². The number of pyridine rings is 1. The zero-order valence-corrected chi connectivity index (χ0v) is 19.4. The molecule has 2 aliphatic rings. The van der Waals surface area contributed by atoms with Crippen LogP contribution in [-0.2, 0) is 14.6 Å². The fraction of sp³-hybridized carbons (Fsp3) is 0.400. The van der Waals surface area contributed by atoms with Crippen molar-refractivity contribution >= 4 is 21.4 Å². The Morgan fingerprint density at radius 1 is 1.06 bits per heavy atom. The summed E-state index contributed by atoms with van der Waals surface area (Å²) in [4.78, 5) is 8.37. The molecule has 2 aromatic heterocycles. The molecule has 0 amide bonds. The molecule has 1 N–H and O–H groups in total. The number of sulfone groups is 1. The molecule has 1 aliphatic heterocycles. The van der Waals surface area contributed by atoms with Crippen LogP contribution in [0.4, 0.5) is 0 Å². The molecule has 168 valence electrons. The van der Waals surface area contributed by atoms with Crippen molar-refractivity contribution in [2.45, 2.75) is 48.2 Å². The van der Waals surface area contributed by atoms with E-state index in [1.807, 2.05) is 36.4 Å². The van der Waals surface area contributed by atoms with Crippen molar-refractivity contribution in [3.8, 4) is 11.4 Å². The highest BCUT2D eigenvalue weighted by atomic mass is 35.5. The Morgan fingerprint density at radius 2 is 1.81 bits per heavy atom. The van der Waals surface area contributed by atoms with Crippen molar-refractivity contribution in [2.75, 3.05) is 13.2 Å². The number of halogens is 1. The van der Waals surface area contributed by atoms with Crippen LogP contribution in [0.5, 0.6) is 0 Å². The summed E-state index contributed by atoms with van der Waals surface area (Å²) >= 11 is 6.73. The minimum absolute atomic E-state index is 0.0424. The predicted molar refractivity (Wildman–Crippen MR) is 126 cm³/mol. The zero-order chi connectivity index (χ0) is 22.1. The quantitative estimate of drug-likeness (QED) is 0.486. The molecule has 0 bridgehead atoms. The first-order chi connectivity index (χ1) is 15.5. The van der Waals surface area contributed by atoms with Crippen molar-refractivity contribution in [2.24, 2.45) is 5.92 Å². The van der Waals surface area contributed by atoms with Gasteiger partial charge in [0.25, 0.3) is 0 Å². The molecule has 1 aromatic carbocycles. The highest BCUT2D eigenvalue weighted by molar-refractivity contribution is 7.92. The van der Waals surface area contributed by atoms with Crippen molar-refractivity contribution in [1.82, 2.24) is 9.97 Å². The maximum atomic E-state index is 12.6. The van der Waals surface area contributed by atoms with Gasteiger partial charge in [-0.3, -0.25) is 4.98 Å². The van der Waals surface area contributed by atoms with Crippen LogP contribution in [0, 0.1) is 5.92 Å². The van der Waals surface area contributed by atoms with Gasteiger partial charge in [0.05, 0.1) is 26.6 Å². The molecule has 5 nitrogen and oxygen atoms in total. The Balaban J connectivity index is 1.49. The van der Waals surface area contributed by atoms with E-state index in [-0.39, 0.29) is 11.2 Å². The standard InChI is InChI=1S/C25H27ClN2O3S/c26-22-16-24(23-3-1-2-12-27-23)28-25(22)21(15-17-10-13-31-14-11-17)18-4-6-19(7-5-18)32(29,30)20-8-9-20/h1-7,12,16-17,20-21,28H,8-11,13-15H2. The van der Waals surface area contributed by atoms with Gasteiger partial charge in [-0.15, -0.1) is 0 Å². The summed E-state index contributed by atoms with van der Waals surface area (Å²) in [6, 6.07) is 15.2. The fourth-order valence-corrected chi connectivity index (χ4v) is 6.50. The van der Waals surface area contributed by atoms with Gasteiger partial charge in [0, 0.05) is 31.0 Å². The molecule has 3 heterocycles. The van der Waals surface area contributed by atoms with E-state index in [0.717, 1.165) is 68.0 Å². The van der Waals surface area contributed by atoms with Gasteiger partial charge in [0.15, 0.2) is 9.84 Å². The third-order valence-corrected chi connectivity index (χ3v) is 9.16. The highest BCUT2D eigenvalue weighted by Crippen LogP contribution is 2.40. The molecule has 0 radical (unpaired) electrons. The molecule has 7 heteroatoms. The van der Waals surface area contributed by atoms with Gasteiger partial charge in [-0.05, 0) is 73.9 Å². The van der Waals surface area contributed by atoms with E-state index in [1.54, 1.807) is 18.3 Å². The van der Waals surface area contributed by atoms with Crippen LogP contribution < -0.4 is 0 Å². The summed E-state index contributed by atoms with van der Waals surface area (Å²) in [6.07, 6.45) is 6.28. The minimum Gasteiger partial charge on any atom is -0.381 e. The van der Waals surface area contributed by atoms with Crippen molar-refractivity contribution < 1.29 is 13.2 Å². The number of aromatic nitrogens is 2. The summed E-state index contributed by atoms with van der Waals surface area (Å²) in [6.45, 7) is 1.57. The van der Waals surface area contributed by atoms with Gasteiger partial charge in [-0.2, -0.15) is 0 Å². The first-order valence-corrected chi connectivity index (χ1v) is 13.2. The molecule has 1 aliphatic carbocycles. The average molecular weight is 471 g/mol. The number of nitrogens with one attached hydrogen (secondary N) is 1. The number of H-pyrrole nitrogens is 1. The molecule has 1 saturated heterocycles. The number of ether oxygens (including phenoxy) is 1. The molecule has 1 saturated carbocycles. The lowest BCUT2D eigenvalue weighted by atomic mass is 9.83. The number of hydrogen-bond acceptors (Lipinski definition) is 4. The molecule has 0 spiro atoms. The lowest BCUT2D eigenvalue weighted by Gasteiger charge is -2.27. The lowest BCUT2D eigenvalue weighted by Crippen LogP contribution is -2.19. The zero-order valence-electron chi connectivity index (χ0n) is 17.8. The summed E-state index contributed by atoms with van der Waals surface area (Å²) in [7, 11) is -3.20. The van der Waals surface area contributed by atoms with Crippen molar-refractivity contribution in [3.63, 3.8) is 0 Å². The molecular weight excluding hydrogens is 444 g/mol. The molecule has 5 rings (SSSR count). The lowest BCUT2D eigenvalue weighted by molar-refractivity contribution is 0.0626. The van der Waals surface area contributed by atoms with Crippen LogP contribution >= 0.6 is 11.6 Å². The van der Waals surface area contributed by atoms with Gasteiger partial charge >= 0.3 is 0 Å². The first kappa shape index (κ1) is 21.7. The van der Waals surface area contributed by atoms with E-state index >= 15 is 0 Å². The Labute approximate surface area is 194 Å². The van der Waals surface area contributed by atoms with Crippen LogP contribution in [0.25, 0.3) is 11.4 Å². The largest absolute Gasteiger partial charge is 0.381 e. The number of benzene rings is 1. The Hall–Kier alpha value is -2.15. The minimum atomic E-state index is -3.20. The van der Waals surface area contributed by atoms with Crippen molar-refractivity contribution in [1.29, 1.82) is 0 Å². The van der Waals surface area contributed by atoms with Gasteiger partial charge in [0.2, 0.25) is 0 Å². The maximum Gasteiger partial charge on any atom is 0.181 e. The third-order valence-electron chi connectivity index (χ3n) is 6.57. The average Bonchev–Trinajstić information content (AvgIpc) is 3.62.